The van der Waals surface area contributed by atoms with Crippen molar-refractivity contribution in [2.45, 2.75) is 45.8 Å². The molecule has 0 aliphatic heterocycles. The highest BCUT2D eigenvalue weighted by Gasteiger charge is 2.27. The zero-order valence-electron chi connectivity index (χ0n) is 21.3. The number of rotatable bonds is 10. The smallest absolute Gasteiger partial charge is 0.309 e. The van der Waals surface area contributed by atoms with Crippen LogP contribution in [0, 0.1) is 5.92 Å². The average Bonchev–Trinajstić information content (AvgIpc) is 2.86. The average molecular weight is 493 g/mol. The maximum Gasteiger partial charge on any atom is 0.309 e. The summed E-state index contributed by atoms with van der Waals surface area (Å²) in [5.41, 5.74) is 1.60. The van der Waals surface area contributed by atoms with Crippen LogP contribution < -0.4 is 9.47 Å². The van der Waals surface area contributed by atoms with Gasteiger partial charge in [0, 0.05) is 6.20 Å². The first kappa shape index (κ1) is 26.7. The summed E-state index contributed by atoms with van der Waals surface area (Å²) >= 11 is 0. The second-order valence-electron chi connectivity index (χ2n) is 9.18. The van der Waals surface area contributed by atoms with E-state index in [0.29, 0.717) is 23.0 Å². The van der Waals surface area contributed by atoms with Gasteiger partial charge in [-0.3, -0.25) is 9.59 Å². The van der Waals surface area contributed by atoms with Gasteiger partial charge in [0.15, 0.2) is 5.82 Å². The molecule has 1 aromatic heterocycles. The Kier molecular flexibility index (Phi) is 9.00. The number of esters is 2. The van der Waals surface area contributed by atoms with Crippen LogP contribution >= 0.6 is 0 Å². The molecule has 0 radical (unpaired) electrons. The molecule has 0 spiro atoms. The van der Waals surface area contributed by atoms with Crippen LogP contribution in [0.25, 0.3) is 11.4 Å². The van der Waals surface area contributed by atoms with Crippen molar-refractivity contribution in [1.29, 1.82) is 0 Å². The third kappa shape index (κ3) is 7.53. The van der Waals surface area contributed by atoms with Gasteiger partial charge in [-0.15, -0.1) is 0 Å². The number of ether oxygens (including phenoxy) is 4. The van der Waals surface area contributed by atoms with Crippen molar-refractivity contribution in [1.82, 2.24) is 9.97 Å². The minimum atomic E-state index is -0.703. The second kappa shape index (κ2) is 12.2. The van der Waals surface area contributed by atoms with Crippen LogP contribution in [-0.2, 0) is 32.1 Å². The largest absolute Gasteiger partial charge is 0.496 e. The summed E-state index contributed by atoms with van der Waals surface area (Å²) in [7, 11) is 2.91. The van der Waals surface area contributed by atoms with Crippen LogP contribution in [0.1, 0.15) is 38.4 Å². The molecule has 0 saturated carbocycles. The molecule has 0 fully saturated rings. The molecule has 0 N–H and O–H groups in total. The van der Waals surface area contributed by atoms with E-state index in [2.05, 4.69) is 9.97 Å². The van der Waals surface area contributed by atoms with Crippen LogP contribution in [0.5, 0.6) is 11.5 Å². The molecular formula is C28H32N2O6. The van der Waals surface area contributed by atoms with E-state index in [0.717, 1.165) is 11.1 Å². The molecule has 36 heavy (non-hydrogen) atoms. The Labute approximate surface area is 211 Å². The molecule has 0 aliphatic carbocycles. The highest BCUT2D eigenvalue weighted by Crippen LogP contribution is 2.28. The Balaban J connectivity index is 1.75. The number of aromatic nitrogens is 2. The Morgan fingerprint density at radius 3 is 2.33 bits per heavy atom. The van der Waals surface area contributed by atoms with E-state index in [1.54, 1.807) is 40.1 Å². The third-order valence-corrected chi connectivity index (χ3v) is 5.24. The van der Waals surface area contributed by atoms with E-state index < -0.39 is 23.5 Å². The van der Waals surface area contributed by atoms with E-state index >= 15 is 0 Å². The van der Waals surface area contributed by atoms with Crippen LogP contribution in [-0.4, -0.2) is 41.7 Å². The lowest BCUT2D eigenvalue weighted by atomic mass is 9.95. The first-order valence-electron chi connectivity index (χ1n) is 11.7. The van der Waals surface area contributed by atoms with Crippen LogP contribution in [0.4, 0.5) is 0 Å². The summed E-state index contributed by atoms with van der Waals surface area (Å²) < 4.78 is 21.8. The summed E-state index contributed by atoms with van der Waals surface area (Å²) in [5, 5.41) is 0. The molecule has 8 nitrogen and oxygen atoms in total. The topological polar surface area (TPSA) is 96.8 Å². The molecule has 0 aliphatic rings. The molecule has 8 heteroatoms. The summed E-state index contributed by atoms with van der Waals surface area (Å²) in [6.07, 6.45) is 1.85. The van der Waals surface area contributed by atoms with E-state index in [1.165, 1.54) is 7.11 Å². The number of carbonyl (C=O) groups is 2. The summed E-state index contributed by atoms with van der Waals surface area (Å²) in [6.45, 7) is 5.55. The maximum absolute atomic E-state index is 12.4. The Hall–Kier alpha value is -3.94. The van der Waals surface area contributed by atoms with E-state index in [9.17, 15) is 9.59 Å². The number of nitrogens with zero attached hydrogens (tertiary/aromatic N) is 2. The molecule has 190 valence electrons. The minimum absolute atomic E-state index is 0.0908. The van der Waals surface area contributed by atoms with Gasteiger partial charge in [-0.1, -0.05) is 30.3 Å². The van der Waals surface area contributed by atoms with Crippen molar-refractivity contribution in [2.75, 3.05) is 14.2 Å². The fraction of sp³-hybridized carbons (Fsp3) is 0.357. The molecule has 1 heterocycles. The number of para-hydroxylation sites is 2. The molecule has 1 atom stereocenters. The lowest BCUT2D eigenvalue weighted by Gasteiger charge is -2.22. The SMILES string of the molecule is COC(=O)[C@@H](CC(=O)OC(C)(C)C)Cc1ccccc1OCc1ccnc(-c2ccccc2OC)n1. The first-order valence-corrected chi connectivity index (χ1v) is 11.7. The normalized spacial score (nSPS) is 11.9. The molecule has 0 unspecified atom stereocenters. The van der Waals surface area contributed by atoms with Gasteiger partial charge in [0.25, 0.3) is 0 Å². The molecule has 3 rings (SSSR count). The van der Waals surface area contributed by atoms with Gasteiger partial charge in [0.05, 0.1) is 37.8 Å². The summed E-state index contributed by atoms with van der Waals surface area (Å²) in [6, 6.07) is 16.7. The predicted octanol–water partition coefficient (Wildman–Crippen LogP) is 4.79. The maximum atomic E-state index is 12.4. The third-order valence-electron chi connectivity index (χ3n) is 5.24. The van der Waals surface area contributed by atoms with Crippen LogP contribution in [0.2, 0.25) is 0 Å². The summed E-state index contributed by atoms with van der Waals surface area (Å²) in [5.74, 6) is 0.164. The van der Waals surface area contributed by atoms with Crippen molar-refractivity contribution in [2.24, 2.45) is 5.92 Å². The summed E-state index contributed by atoms with van der Waals surface area (Å²) in [4.78, 5) is 33.8. The molecule has 0 amide bonds. The molecule has 2 aromatic carbocycles. The van der Waals surface area contributed by atoms with Crippen LogP contribution in [0.15, 0.2) is 60.8 Å². The molecule has 3 aromatic rings. The van der Waals surface area contributed by atoms with Gasteiger partial charge in [0.2, 0.25) is 0 Å². The Morgan fingerprint density at radius 1 is 0.944 bits per heavy atom. The zero-order valence-corrected chi connectivity index (χ0v) is 21.3. The second-order valence-corrected chi connectivity index (χ2v) is 9.18. The highest BCUT2D eigenvalue weighted by molar-refractivity contribution is 5.80. The van der Waals surface area contributed by atoms with Crippen molar-refractivity contribution in [3.8, 4) is 22.9 Å². The molecular weight excluding hydrogens is 460 g/mol. The Bertz CT molecular complexity index is 1190. The van der Waals surface area contributed by atoms with E-state index in [4.69, 9.17) is 18.9 Å². The van der Waals surface area contributed by atoms with Gasteiger partial charge in [-0.25, -0.2) is 9.97 Å². The molecule has 0 saturated heterocycles. The van der Waals surface area contributed by atoms with Gasteiger partial charge in [0.1, 0.15) is 23.7 Å². The van der Waals surface area contributed by atoms with Crippen LogP contribution in [0.3, 0.4) is 0 Å². The number of methoxy groups -OCH3 is 2. The van der Waals surface area contributed by atoms with Gasteiger partial charge < -0.3 is 18.9 Å². The van der Waals surface area contributed by atoms with Gasteiger partial charge in [-0.2, -0.15) is 0 Å². The van der Waals surface area contributed by atoms with Gasteiger partial charge >= 0.3 is 11.9 Å². The lowest BCUT2D eigenvalue weighted by molar-refractivity contribution is -0.160. The number of hydrogen-bond donors (Lipinski definition) is 0. The van der Waals surface area contributed by atoms with Gasteiger partial charge in [-0.05, 0) is 57.0 Å². The van der Waals surface area contributed by atoms with E-state index in [1.807, 2.05) is 48.5 Å². The lowest BCUT2D eigenvalue weighted by Crippen LogP contribution is -2.28. The fourth-order valence-electron chi connectivity index (χ4n) is 3.66. The monoisotopic (exact) mass is 492 g/mol. The van der Waals surface area contributed by atoms with Crippen molar-refractivity contribution < 1.29 is 28.5 Å². The number of benzene rings is 2. The first-order chi connectivity index (χ1) is 17.2. The zero-order chi connectivity index (χ0) is 26.1. The molecule has 0 bridgehead atoms. The predicted molar refractivity (Wildman–Crippen MR) is 134 cm³/mol. The number of carbonyl (C=O) groups excluding carboxylic acids is 2. The number of hydrogen-bond acceptors (Lipinski definition) is 8. The fourth-order valence-corrected chi connectivity index (χ4v) is 3.66. The standard InChI is InChI=1S/C28H32N2O6/c1-28(2,3)36-25(31)17-20(27(32)34-5)16-19-10-6-8-12-23(19)35-18-21-14-15-29-26(30-21)22-11-7-9-13-24(22)33-4/h6-15,20H,16-18H2,1-5H3/t20-/m1/s1. The Morgan fingerprint density at radius 2 is 1.64 bits per heavy atom. The van der Waals surface area contributed by atoms with Crippen molar-refractivity contribution in [3.63, 3.8) is 0 Å². The minimum Gasteiger partial charge on any atom is -0.496 e. The quantitative estimate of drug-likeness (QED) is 0.373. The van der Waals surface area contributed by atoms with E-state index in [-0.39, 0.29) is 19.4 Å². The highest BCUT2D eigenvalue weighted by atomic mass is 16.6. The van der Waals surface area contributed by atoms with Crippen molar-refractivity contribution in [3.05, 3.63) is 72.1 Å². The van der Waals surface area contributed by atoms with Crippen molar-refractivity contribution >= 4 is 11.9 Å².